The first-order valence-electron chi connectivity index (χ1n) is 8.03. The Balaban J connectivity index is 1.82. The molecule has 1 N–H and O–H groups in total. The number of hydrogen-bond acceptors (Lipinski definition) is 3. The van der Waals surface area contributed by atoms with Crippen LogP contribution in [-0.2, 0) is 14.8 Å². The molecular formula is C18H19FN2O3S. The van der Waals surface area contributed by atoms with Crippen LogP contribution in [0.3, 0.4) is 0 Å². The molecule has 7 heteroatoms. The molecule has 2 aromatic carbocycles. The van der Waals surface area contributed by atoms with E-state index in [9.17, 15) is 17.6 Å². The fourth-order valence-corrected chi connectivity index (χ4v) is 4.64. The molecule has 0 bridgehead atoms. The summed E-state index contributed by atoms with van der Waals surface area (Å²) in [7, 11) is -3.84. The van der Waals surface area contributed by atoms with E-state index < -0.39 is 21.9 Å². The summed E-state index contributed by atoms with van der Waals surface area (Å²) in [6.45, 7) is 2.18. The number of amides is 1. The van der Waals surface area contributed by atoms with Crippen molar-refractivity contribution in [3.05, 3.63) is 59.9 Å². The molecule has 2 aromatic rings. The summed E-state index contributed by atoms with van der Waals surface area (Å²) < 4.78 is 39.8. The number of sulfonamides is 1. The molecule has 1 atom stereocenters. The molecule has 0 saturated carbocycles. The van der Waals surface area contributed by atoms with Crippen LogP contribution in [0, 0.1) is 12.7 Å². The molecule has 3 rings (SSSR count). The van der Waals surface area contributed by atoms with Gasteiger partial charge in [-0.15, -0.1) is 0 Å². The molecule has 1 saturated heterocycles. The first kappa shape index (κ1) is 17.6. The van der Waals surface area contributed by atoms with Gasteiger partial charge in [0.15, 0.2) is 0 Å². The van der Waals surface area contributed by atoms with E-state index >= 15 is 0 Å². The zero-order valence-corrected chi connectivity index (χ0v) is 14.6. The lowest BCUT2D eigenvalue weighted by Gasteiger charge is -2.23. The number of halogens is 1. The van der Waals surface area contributed by atoms with Gasteiger partial charge in [0.1, 0.15) is 11.9 Å². The SMILES string of the molecule is Cc1cccc(NC(=O)C2CCCN2S(=O)(=O)c2ccc(F)cc2)c1. The third-order valence-corrected chi connectivity index (χ3v) is 6.13. The normalized spacial score (nSPS) is 18.2. The molecule has 0 spiro atoms. The summed E-state index contributed by atoms with van der Waals surface area (Å²) in [5.41, 5.74) is 1.64. The number of nitrogens with one attached hydrogen (secondary N) is 1. The van der Waals surface area contributed by atoms with Crippen molar-refractivity contribution in [1.29, 1.82) is 0 Å². The van der Waals surface area contributed by atoms with Gasteiger partial charge in [-0.05, 0) is 61.7 Å². The summed E-state index contributed by atoms with van der Waals surface area (Å²) in [6.07, 6.45) is 1.06. The van der Waals surface area contributed by atoms with Gasteiger partial charge in [-0.3, -0.25) is 4.79 Å². The fourth-order valence-electron chi connectivity index (χ4n) is 2.98. The Hall–Kier alpha value is -2.25. The lowest BCUT2D eigenvalue weighted by Crippen LogP contribution is -2.43. The Morgan fingerprint density at radius 2 is 1.92 bits per heavy atom. The van der Waals surface area contributed by atoms with Crippen LogP contribution in [0.1, 0.15) is 18.4 Å². The Labute approximate surface area is 146 Å². The molecule has 1 aliphatic heterocycles. The van der Waals surface area contributed by atoms with E-state index in [4.69, 9.17) is 0 Å². The van der Waals surface area contributed by atoms with Gasteiger partial charge in [0.2, 0.25) is 15.9 Å². The predicted octanol–water partition coefficient (Wildman–Crippen LogP) is 2.93. The molecule has 25 heavy (non-hydrogen) atoms. The minimum Gasteiger partial charge on any atom is -0.325 e. The van der Waals surface area contributed by atoms with Crippen molar-refractivity contribution in [2.24, 2.45) is 0 Å². The standard InChI is InChI=1S/C18H19FN2O3S/c1-13-4-2-5-15(12-13)20-18(22)17-6-3-11-21(17)25(23,24)16-9-7-14(19)8-10-16/h2,4-5,7-10,12,17H,3,6,11H2,1H3,(H,20,22). The summed E-state index contributed by atoms with van der Waals surface area (Å²) in [6, 6.07) is 11.2. The van der Waals surface area contributed by atoms with Crippen LogP contribution in [0.15, 0.2) is 53.4 Å². The van der Waals surface area contributed by atoms with Crippen LogP contribution in [0.2, 0.25) is 0 Å². The van der Waals surface area contributed by atoms with Crippen molar-refractivity contribution in [2.45, 2.75) is 30.7 Å². The number of carbonyl (C=O) groups excluding carboxylic acids is 1. The number of benzene rings is 2. The van der Waals surface area contributed by atoms with Gasteiger partial charge < -0.3 is 5.32 Å². The number of aryl methyl sites for hydroxylation is 1. The second-order valence-corrected chi connectivity index (χ2v) is 7.98. The van der Waals surface area contributed by atoms with Crippen LogP contribution in [0.5, 0.6) is 0 Å². The Bertz CT molecular complexity index is 881. The van der Waals surface area contributed by atoms with E-state index in [1.165, 1.54) is 16.4 Å². The average molecular weight is 362 g/mol. The van der Waals surface area contributed by atoms with Crippen LogP contribution < -0.4 is 5.32 Å². The number of rotatable bonds is 4. The zero-order chi connectivity index (χ0) is 18.0. The van der Waals surface area contributed by atoms with Gasteiger partial charge in [-0.1, -0.05) is 12.1 Å². The van der Waals surface area contributed by atoms with Gasteiger partial charge in [0.05, 0.1) is 4.90 Å². The number of hydrogen-bond donors (Lipinski definition) is 1. The van der Waals surface area contributed by atoms with Crippen molar-refractivity contribution in [3.8, 4) is 0 Å². The maximum absolute atomic E-state index is 13.1. The molecular weight excluding hydrogens is 343 g/mol. The first-order valence-corrected chi connectivity index (χ1v) is 9.47. The highest BCUT2D eigenvalue weighted by Gasteiger charge is 2.39. The van der Waals surface area contributed by atoms with E-state index in [1.807, 2.05) is 25.1 Å². The van der Waals surface area contributed by atoms with Gasteiger partial charge in [0, 0.05) is 12.2 Å². The van der Waals surface area contributed by atoms with E-state index in [2.05, 4.69) is 5.32 Å². The Morgan fingerprint density at radius 3 is 2.60 bits per heavy atom. The highest BCUT2D eigenvalue weighted by Crippen LogP contribution is 2.27. The molecule has 1 amide bonds. The van der Waals surface area contributed by atoms with Crippen molar-refractivity contribution >= 4 is 21.6 Å². The van der Waals surface area contributed by atoms with Gasteiger partial charge in [-0.25, -0.2) is 12.8 Å². The number of anilines is 1. The van der Waals surface area contributed by atoms with Crippen LogP contribution >= 0.6 is 0 Å². The topological polar surface area (TPSA) is 66.5 Å². The maximum atomic E-state index is 13.1. The zero-order valence-electron chi connectivity index (χ0n) is 13.8. The minimum absolute atomic E-state index is 0.0100. The molecule has 1 fully saturated rings. The highest BCUT2D eigenvalue weighted by atomic mass is 32.2. The number of carbonyl (C=O) groups is 1. The molecule has 0 aliphatic carbocycles. The molecule has 5 nitrogen and oxygen atoms in total. The molecule has 1 aliphatic rings. The van der Waals surface area contributed by atoms with Gasteiger partial charge >= 0.3 is 0 Å². The summed E-state index contributed by atoms with van der Waals surface area (Å²) in [5, 5.41) is 2.78. The van der Waals surface area contributed by atoms with E-state index in [0.717, 1.165) is 17.7 Å². The van der Waals surface area contributed by atoms with Crippen LogP contribution in [0.4, 0.5) is 10.1 Å². The van der Waals surface area contributed by atoms with E-state index in [-0.39, 0.29) is 17.3 Å². The average Bonchev–Trinajstić information content (AvgIpc) is 3.06. The third-order valence-electron chi connectivity index (χ3n) is 4.21. The molecule has 0 radical (unpaired) electrons. The van der Waals surface area contributed by atoms with Gasteiger partial charge in [0.25, 0.3) is 0 Å². The summed E-state index contributed by atoms with van der Waals surface area (Å²) in [4.78, 5) is 12.6. The smallest absolute Gasteiger partial charge is 0.243 e. The molecule has 132 valence electrons. The second kappa shape index (κ2) is 6.93. The Morgan fingerprint density at radius 1 is 1.20 bits per heavy atom. The van der Waals surface area contributed by atoms with Crippen LogP contribution in [0.25, 0.3) is 0 Å². The Kier molecular flexibility index (Phi) is 4.87. The molecule has 1 unspecified atom stereocenters. The monoisotopic (exact) mass is 362 g/mol. The molecule has 1 heterocycles. The van der Waals surface area contributed by atoms with E-state index in [0.29, 0.717) is 18.5 Å². The summed E-state index contributed by atoms with van der Waals surface area (Å²) >= 11 is 0. The lowest BCUT2D eigenvalue weighted by atomic mass is 10.2. The highest BCUT2D eigenvalue weighted by molar-refractivity contribution is 7.89. The lowest BCUT2D eigenvalue weighted by molar-refractivity contribution is -0.119. The number of nitrogens with zero attached hydrogens (tertiary/aromatic N) is 1. The maximum Gasteiger partial charge on any atom is 0.243 e. The first-order chi connectivity index (χ1) is 11.9. The second-order valence-electron chi connectivity index (χ2n) is 6.09. The van der Waals surface area contributed by atoms with Crippen LogP contribution in [-0.4, -0.2) is 31.2 Å². The van der Waals surface area contributed by atoms with Gasteiger partial charge in [-0.2, -0.15) is 4.31 Å². The predicted molar refractivity (Wildman–Crippen MR) is 93.1 cm³/mol. The minimum atomic E-state index is -3.84. The quantitative estimate of drug-likeness (QED) is 0.909. The largest absolute Gasteiger partial charge is 0.325 e. The summed E-state index contributed by atoms with van der Waals surface area (Å²) in [5.74, 6) is -0.858. The van der Waals surface area contributed by atoms with Crippen molar-refractivity contribution < 1.29 is 17.6 Å². The molecule has 0 aromatic heterocycles. The van der Waals surface area contributed by atoms with Crippen molar-refractivity contribution in [3.63, 3.8) is 0 Å². The van der Waals surface area contributed by atoms with E-state index in [1.54, 1.807) is 6.07 Å². The fraction of sp³-hybridized carbons (Fsp3) is 0.278. The van der Waals surface area contributed by atoms with Crippen molar-refractivity contribution in [1.82, 2.24) is 4.31 Å². The van der Waals surface area contributed by atoms with Crippen molar-refractivity contribution in [2.75, 3.05) is 11.9 Å². The third kappa shape index (κ3) is 3.72.